The van der Waals surface area contributed by atoms with Gasteiger partial charge in [-0.1, -0.05) is 17.7 Å². The predicted molar refractivity (Wildman–Crippen MR) is 76.0 cm³/mol. The quantitative estimate of drug-likeness (QED) is 0.858. The van der Waals surface area contributed by atoms with Gasteiger partial charge in [-0.15, -0.1) is 0 Å². The van der Waals surface area contributed by atoms with E-state index in [4.69, 9.17) is 5.11 Å². The van der Waals surface area contributed by atoms with Crippen LogP contribution >= 0.6 is 0 Å². The third-order valence-electron chi connectivity index (χ3n) is 3.58. The Bertz CT molecular complexity index is 597. The lowest BCUT2D eigenvalue weighted by molar-refractivity contribution is -0.142. The maximum Gasteiger partial charge on any atom is 0.305 e. The van der Waals surface area contributed by atoms with E-state index in [2.05, 4.69) is 5.32 Å². The number of carboxylic acids is 1. The lowest BCUT2D eigenvalue weighted by Gasteiger charge is -2.34. The monoisotopic (exact) mass is 290 g/mol. The number of carbonyl (C=O) groups is 3. The normalized spacial score (nSPS) is 18.3. The third-order valence-corrected chi connectivity index (χ3v) is 3.58. The molecule has 1 saturated heterocycles. The van der Waals surface area contributed by atoms with E-state index >= 15 is 0 Å². The zero-order chi connectivity index (χ0) is 15.6. The van der Waals surface area contributed by atoms with E-state index < -0.39 is 17.9 Å². The van der Waals surface area contributed by atoms with Gasteiger partial charge in [0.25, 0.3) is 5.91 Å². The summed E-state index contributed by atoms with van der Waals surface area (Å²) in [5.74, 6) is -1.81. The molecule has 0 spiro atoms. The summed E-state index contributed by atoms with van der Waals surface area (Å²) >= 11 is 0. The molecule has 1 aromatic carbocycles. The van der Waals surface area contributed by atoms with Crippen molar-refractivity contribution in [3.05, 3.63) is 34.9 Å². The Labute approximate surface area is 122 Å². The molecule has 1 aromatic rings. The van der Waals surface area contributed by atoms with Crippen molar-refractivity contribution in [1.82, 2.24) is 10.2 Å². The molecule has 2 rings (SSSR count). The summed E-state index contributed by atoms with van der Waals surface area (Å²) < 4.78 is 0. The van der Waals surface area contributed by atoms with Gasteiger partial charge in [-0.3, -0.25) is 14.4 Å². The Hall–Kier alpha value is -2.37. The predicted octanol–water partition coefficient (Wildman–Crippen LogP) is 0.719. The molecule has 1 heterocycles. The zero-order valence-electron chi connectivity index (χ0n) is 12.0. The van der Waals surface area contributed by atoms with Crippen molar-refractivity contribution in [3.8, 4) is 0 Å². The van der Waals surface area contributed by atoms with Crippen LogP contribution in [0.4, 0.5) is 0 Å². The number of carboxylic acid groups (broad SMARTS) is 1. The van der Waals surface area contributed by atoms with Crippen molar-refractivity contribution in [1.29, 1.82) is 0 Å². The Morgan fingerprint density at radius 1 is 1.38 bits per heavy atom. The van der Waals surface area contributed by atoms with Gasteiger partial charge < -0.3 is 15.3 Å². The fraction of sp³-hybridized carbons (Fsp3) is 0.400. The minimum atomic E-state index is -1.10. The van der Waals surface area contributed by atoms with E-state index in [1.165, 1.54) is 4.90 Å². The first-order chi connectivity index (χ1) is 9.90. The first-order valence-electron chi connectivity index (χ1n) is 6.78. The van der Waals surface area contributed by atoms with Crippen molar-refractivity contribution < 1.29 is 19.5 Å². The number of carbonyl (C=O) groups excluding carboxylic acids is 2. The SMILES string of the molecule is Cc1ccc(C)c(C(=O)N2CCNC(=O)C2CC(=O)O)c1. The number of hydrogen-bond acceptors (Lipinski definition) is 3. The molecule has 0 aliphatic carbocycles. The first kappa shape index (κ1) is 15.0. The van der Waals surface area contributed by atoms with Gasteiger partial charge in [0.05, 0.1) is 6.42 Å². The van der Waals surface area contributed by atoms with Crippen molar-refractivity contribution in [3.63, 3.8) is 0 Å². The number of rotatable bonds is 3. The van der Waals surface area contributed by atoms with Gasteiger partial charge in [-0.2, -0.15) is 0 Å². The number of benzene rings is 1. The van der Waals surface area contributed by atoms with Crippen LogP contribution < -0.4 is 5.32 Å². The van der Waals surface area contributed by atoms with E-state index in [1.54, 1.807) is 6.07 Å². The van der Waals surface area contributed by atoms with E-state index in [0.29, 0.717) is 18.7 Å². The molecular formula is C15H18N2O4. The molecule has 6 nitrogen and oxygen atoms in total. The highest BCUT2D eigenvalue weighted by Gasteiger charge is 2.35. The maximum absolute atomic E-state index is 12.7. The summed E-state index contributed by atoms with van der Waals surface area (Å²) in [6.45, 7) is 4.36. The summed E-state index contributed by atoms with van der Waals surface area (Å²) in [6.07, 6.45) is -0.386. The van der Waals surface area contributed by atoms with Gasteiger partial charge in [-0.25, -0.2) is 0 Å². The van der Waals surface area contributed by atoms with Gasteiger partial charge in [0.15, 0.2) is 0 Å². The Morgan fingerprint density at radius 3 is 2.76 bits per heavy atom. The lowest BCUT2D eigenvalue weighted by Crippen LogP contribution is -2.57. The molecule has 0 radical (unpaired) electrons. The fourth-order valence-corrected chi connectivity index (χ4v) is 2.45. The number of aryl methyl sites for hydroxylation is 2. The van der Waals surface area contributed by atoms with Gasteiger partial charge in [-0.05, 0) is 25.5 Å². The second kappa shape index (κ2) is 5.95. The van der Waals surface area contributed by atoms with Crippen LogP contribution in [0.5, 0.6) is 0 Å². The molecule has 1 fully saturated rings. The third kappa shape index (κ3) is 3.21. The number of nitrogens with one attached hydrogen (secondary N) is 1. The van der Waals surface area contributed by atoms with Gasteiger partial charge in [0.1, 0.15) is 6.04 Å². The van der Waals surface area contributed by atoms with E-state index in [9.17, 15) is 14.4 Å². The van der Waals surface area contributed by atoms with Crippen LogP contribution in [0.3, 0.4) is 0 Å². The fourth-order valence-electron chi connectivity index (χ4n) is 2.45. The molecule has 1 aliphatic rings. The molecule has 1 aliphatic heterocycles. The summed E-state index contributed by atoms with van der Waals surface area (Å²) in [6, 6.07) is 4.56. The zero-order valence-corrected chi connectivity index (χ0v) is 12.0. The molecule has 2 amide bonds. The molecule has 1 unspecified atom stereocenters. The summed E-state index contributed by atoms with van der Waals surface area (Å²) in [4.78, 5) is 36.8. The number of hydrogen-bond donors (Lipinski definition) is 2. The number of amides is 2. The first-order valence-corrected chi connectivity index (χ1v) is 6.78. The van der Waals surface area contributed by atoms with Crippen molar-refractivity contribution in [2.45, 2.75) is 26.3 Å². The molecule has 0 saturated carbocycles. The second-order valence-electron chi connectivity index (χ2n) is 5.22. The summed E-state index contributed by atoms with van der Waals surface area (Å²) in [7, 11) is 0. The highest BCUT2D eigenvalue weighted by molar-refractivity contribution is 6.00. The highest BCUT2D eigenvalue weighted by Crippen LogP contribution is 2.18. The van der Waals surface area contributed by atoms with Crippen LogP contribution in [0, 0.1) is 13.8 Å². The summed E-state index contributed by atoms with van der Waals surface area (Å²) in [5, 5.41) is 11.5. The van der Waals surface area contributed by atoms with Gasteiger partial charge >= 0.3 is 5.97 Å². The number of aliphatic carboxylic acids is 1. The van der Waals surface area contributed by atoms with E-state index in [1.807, 2.05) is 26.0 Å². The molecule has 1 atom stereocenters. The van der Waals surface area contributed by atoms with E-state index in [0.717, 1.165) is 11.1 Å². The number of piperazine rings is 1. The highest BCUT2D eigenvalue weighted by atomic mass is 16.4. The molecule has 0 bridgehead atoms. The average molecular weight is 290 g/mol. The van der Waals surface area contributed by atoms with Crippen LogP contribution in [0.15, 0.2) is 18.2 Å². The van der Waals surface area contributed by atoms with Crippen LogP contribution in [-0.4, -0.2) is 46.9 Å². The average Bonchev–Trinajstić information content (AvgIpc) is 2.42. The molecule has 6 heteroatoms. The number of nitrogens with zero attached hydrogens (tertiary/aromatic N) is 1. The molecule has 21 heavy (non-hydrogen) atoms. The Kier molecular flexibility index (Phi) is 4.26. The van der Waals surface area contributed by atoms with Crippen LogP contribution in [-0.2, 0) is 9.59 Å². The lowest BCUT2D eigenvalue weighted by atomic mass is 10.0. The van der Waals surface area contributed by atoms with Gasteiger partial charge in [0.2, 0.25) is 5.91 Å². The Morgan fingerprint density at radius 2 is 2.10 bits per heavy atom. The topological polar surface area (TPSA) is 86.7 Å². The minimum Gasteiger partial charge on any atom is -0.481 e. The van der Waals surface area contributed by atoms with Crippen LogP contribution in [0.2, 0.25) is 0 Å². The van der Waals surface area contributed by atoms with Crippen molar-refractivity contribution in [2.24, 2.45) is 0 Å². The second-order valence-corrected chi connectivity index (χ2v) is 5.22. The summed E-state index contributed by atoms with van der Waals surface area (Å²) in [5.41, 5.74) is 2.27. The van der Waals surface area contributed by atoms with Crippen molar-refractivity contribution in [2.75, 3.05) is 13.1 Å². The minimum absolute atomic E-state index is 0.294. The molecule has 2 N–H and O–H groups in total. The smallest absolute Gasteiger partial charge is 0.305 e. The van der Waals surface area contributed by atoms with E-state index in [-0.39, 0.29) is 12.3 Å². The standard InChI is InChI=1S/C15H18N2O4/c1-9-3-4-10(2)11(7-9)15(21)17-6-5-16-14(20)12(17)8-13(18)19/h3-4,7,12H,5-6,8H2,1-2H3,(H,16,20)(H,18,19). The molecule has 112 valence electrons. The van der Waals surface area contributed by atoms with Crippen LogP contribution in [0.1, 0.15) is 27.9 Å². The Balaban J connectivity index is 2.32. The van der Waals surface area contributed by atoms with Crippen molar-refractivity contribution >= 4 is 17.8 Å². The van der Waals surface area contributed by atoms with Gasteiger partial charge in [0, 0.05) is 18.7 Å². The van der Waals surface area contributed by atoms with Crippen LogP contribution in [0.25, 0.3) is 0 Å². The largest absolute Gasteiger partial charge is 0.481 e. The molecular weight excluding hydrogens is 272 g/mol. The maximum atomic E-state index is 12.7. The molecule has 0 aromatic heterocycles.